The van der Waals surface area contributed by atoms with Crippen molar-refractivity contribution in [1.82, 2.24) is 4.98 Å². The Hall–Kier alpha value is -1.95. The number of carbonyl (C=O) groups is 1. The predicted octanol–water partition coefficient (Wildman–Crippen LogP) is 2.43. The summed E-state index contributed by atoms with van der Waals surface area (Å²) in [5, 5.41) is 4.90. The summed E-state index contributed by atoms with van der Waals surface area (Å²) < 4.78 is 13.2. The van der Waals surface area contributed by atoms with Crippen molar-refractivity contribution in [1.29, 1.82) is 0 Å². The summed E-state index contributed by atoms with van der Waals surface area (Å²) in [4.78, 5) is 15.8. The average molecular weight is 251 g/mol. The fourth-order valence-electron chi connectivity index (χ4n) is 1.25. The third kappa shape index (κ3) is 2.59. The molecule has 0 atom stereocenters. The lowest BCUT2D eigenvalue weighted by Crippen LogP contribution is -2.12. The molecule has 0 radical (unpaired) electrons. The molecule has 1 heterocycles. The lowest BCUT2D eigenvalue weighted by atomic mass is 10.2. The Morgan fingerprint density at radius 3 is 2.88 bits per heavy atom. The van der Waals surface area contributed by atoms with Crippen molar-refractivity contribution >= 4 is 28.1 Å². The smallest absolute Gasteiger partial charge is 0.257 e. The molecule has 4 nitrogen and oxygen atoms in total. The molecule has 0 aliphatic rings. The maximum Gasteiger partial charge on any atom is 0.257 e. The molecule has 0 unspecified atom stereocenters. The molecule has 2 rings (SSSR count). The van der Waals surface area contributed by atoms with Gasteiger partial charge >= 0.3 is 0 Å². The number of benzene rings is 1. The molecule has 1 aromatic carbocycles. The number of aryl methyl sites for hydroxylation is 1. The van der Waals surface area contributed by atoms with Crippen molar-refractivity contribution in [3.05, 3.63) is 40.7 Å². The molecule has 0 aliphatic carbocycles. The molecule has 1 aromatic heterocycles. The molecule has 6 heteroatoms. The third-order valence-corrected chi connectivity index (χ3v) is 2.98. The van der Waals surface area contributed by atoms with Crippen LogP contribution in [-0.4, -0.2) is 10.9 Å². The Morgan fingerprint density at radius 1 is 1.53 bits per heavy atom. The number of amides is 1. The van der Waals surface area contributed by atoms with Crippen LogP contribution >= 0.6 is 11.3 Å². The zero-order valence-electron chi connectivity index (χ0n) is 9.03. The number of nitrogens with one attached hydrogen (secondary N) is 1. The van der Waals surface area contributed by atoms with Gasteiger partial charge in [-0.05, 0) is 25.1 Å². The predicted molar refractivity (Wildman–Crippen MR) is 65.6 cm³/mol. The number of halogens is 1. The molecular formula is C11H10FN3OS. The molecule has 0 fully saturated rings. The second kappa shape index (κ2) is 4.50. The highest BCUT2D eigenvalue weighted by Crippen LogP contribution is 2.17. The molecular weight excluding hydrogens is 241 g/mol. The summed E-state index contributed by atoms with van der Waals surface area (Å²) in [5.74, 6) is -1.01. The monoisotopic (exact) mass is 251 g/mol. The number of anilines is 2. The lowest BCUT2D eigenvalue weighted by molar-refractivity contribution is 0.102. The van der Waals surface area contributed by atoms with Crippen molar-refractivity contribution in [2.75, 3.05) is 11.1 Å². The van der Waals surface area contributed by atoms with Crippen LogP contribution in [0.25, 0.3) is 0 Å². The normalized spacial score (nSPS) is 10.2. The first kappa shape index (κ1) is 11.5. The van der Waals surface area contributed by atoms with Crippen molar-refractivity contribution in [2.45, 2.75) is 6.92 Å². The van der Waals surface area contributed by atoms with E-state index in [1.54, 1.807) is 0 Å². The molecule has 88 valence electrons. The van der Waals surface area contributed by atoms with Crippen molar-refractivity contribution < 1.29 is 9.18 Å². The van der Waals surface area contributed by atoms with Crippen LogP contribution in [0, 0.1) is 12.7 Å². The van der Waals surface area contributed by atoms with E-state index in [0.29, 0.717) is 5.13 Å². The van der Waals surface area contributed by atoms with E-state index in [0.717, 1.165) is 11.8 Å². The summed E-state index contributed by atoms with van der Waals surface area (Å²) in [5.41, 5.74) is 6.39. The van der Waals surface area contributed by atoms with E-state index in [-0.39, 0.29) is 11.3 Å². The molecule has 1 amide bonds. The van der Waals surface area contributed by atoms with Gasteiger partial charge in [-0.15, -0.1) is 11.3 Å². The quantitative estimate of drug-likeness (QED) is 0.805. The summed E-state index contributed by atoms with van der Waals surface area (Å²) in [6, 6.07) is 3.93. The number of hydrogen-bond acceptors (Lipinski definition) is 4. The zero-order valence-corrected chi connectivity index (χ0v) is 9.84. The van der Waals surface area contributed by atoms with Gasteiger partial charge in [-0.25, -0.2) is 9.37 Å². The van der Waals surface area contributed by atoms with Gasteiger partial charge in [0, 0.05) is 10.9 Å². The molecule has 0 saturated carbocycles. The number of aromatic nitrogens is 1. The van der Waals surface area contributed by atoms with Crippen LogP contribution in [0.4, 0.5) is 15.2 Å². The standard InChI is InChI=1S/C11H10FN3OS/c1-6-5-17-11(14-6)15-10(16)7-2-3-9(13)8(12)4-7/h2-5H,13H2,1H3,(H,14,15,16). The Labute approximate surface area is 101 Å². The fraction of sp³-hybridized carbons (Fsp3) is 0.0909. The maximum absolute atomic E-state index is 13.2. The molecule has 17 heavy (non-hydrogen) atoms. The van der Waals surface area contributed by atoms with E-state index in [4.69, 9.17) is 5.73 Å². The van der Waals surface area contributed by atoms with Gasteiger partial charge in [0.05, 0.1) is 11.4 Å². The van der Waals surface area contributed by atoms with Crippen LogP contribution in [-0.2, 0) is 0 Å². The minimum atomic E-state index is -0.604. The number of hydrogen-bond donors (Lipinski definition) is 2. The van der Waals surface area contributed by atoms with E-state index < -0.39 is 11.7 Å². The third-order valence-electron chi connectivity index (χ3n) is 2.10. The highest BCUT2D eigenvalue weighted by Gasteiger charge is 2.10. The van der Waals surface area contributed by atoms with Gasteiger partial charge < -0.3 is 5.73 Å². The topological polar surface area (TPSA) is 68.0 Å². The van der Waals surface area contributed by atoms with Gasteiger partial charge in [0.1, 0.15) is 5.82 Å². The van der Waals surface area contributed by atoms with Gasteiger partial charge in [0.15, 0.2) is 5.13 Å². The maximum atomic E-state index is 13.2. The fourth-order valence-corrected chi connectivity index (χ4v) is 1.93. The summed E-state index contributed by atoms with van der Waals surface area (Å²) in [6.07, 6.45) is 0. The van der Waals surface area contributed by atoms with Crippen LogP contribution in [0.3, 0.4) is 0 Å². The Balaban J connectivity index is 2.17. The van der Waals surface area contributed by atoms with Crippen molar-refractivity contribution in [3.63, 3.8) is 0 Å². The van der Waals surface area contributed by atoms with Crippen LogP contribution in [0.1, 0.15) is 16.1 Å². The summed E-state index contributed by atoms with van der Waals surface area (Å²) >= 11 is 1.32. The van der Waals surface area contributed by atoms with Gasteiger partial charge in [0.25, 0.3) is 5.91 Å². The van der Waals surface area contributed by atoms with Gasteiger partial charge in [-0.1, -0.05) is 0 Å². The largest absolute Gasteiger partial charge is 0.396 e. The van der Waals surface area contributed by atoms with Crippen LogP contribution in [0.2, 0.25) is 0 Å². The van der Waals surface area contributed by atoms with Crippen LogP contribution in [0.15, 0.2) is 23.6 Å². The number of nitrogens with two attached hydrogens (primary N) is 1. The Kier molecular flexibility index (Phi) is 3.06. The van der Waals surface area contributed by atoms with Crippen molar-refractivity contribution in [2.24, 2.45) is 0 Å². The van der Waals surface area contributed by atoms with E-state index in [9.17, 15) is 9.18 Å². The minimum Gasteiger partial charge on any atom is -0.396 e. The first-order chi connectivity index (χ1) is 8.06. The molecule has 3 N–H and O–H groups in total. The van der Waals surface area contributed by atoms with Crippen LogP contribution in [0.5, 0.6) is 0 Å². The number of nitrogens with zero attached hydrogens (tertiary/aromatic N) is 1. The van der Waals surface area contributed by atoms with Crippen molar-refractivity contribution in [3.8, 4) is 0 Å². The molecule has 0 bridgehead atoms. The average Bonchev–Trinajstić information content (AvgIpc) is 2.68. The number of nitrogen functional groups attached to an aromatic ring is 1. The highest BCUT2D eigenvalue weighted by atomic mass is 32.1. The lowest BCUT2D eigenvalue weighted by Gasteiger charge is -2.03. The molecule has 0 saturated heterocycles. The Bertz CT molecular complexity index is 568. The first-order valence-electron chi connectivity index (χ1n) is 4.85. The number of carbonyl (C=O) groups excluding carboxylic acids is 1. The van der Waals surface area contributed by atoms with E-state index in [2.05, 4.69) is 10.3 Å². The van der Waals surface area contributed by atoms with Gasteiger partial charge in [0.2, 0.25) is 0 Å². The summed E-state index contributed by atoms with van der Waals surface area (Å²) in [6.45, 7) is 1.83. The van der Waals surface area contributed by atoms with Gasteiger partial charge in [-0.3, -0.25) is 10.1 Å². The van der Waals surface area contributed by atoms with Gasteiger partial charge in [-0.2, -0.15) is 0 Å². The van der Waals surface area contributed by atoms with Crippen LogP contribution < -0.4 is 11.1 Å². The highest BCUT2D eigenvalue weighted by molar-refractivity contribution is 7.13. The first-order valence-corrected chi connectivity index (χ1v) is 5.73. The second-order valence-corrected chi connectivity index (χ2v) is 4.34. The zero-order chi connectivity index (χ0) is 12.4. The van der Waals surface area contributed by atoms with E-state index in [1.807, 2.05) is 12.3 Å². The second-order valence-electron chi connectivity index (χ2n) is 3.48. The summed E-state index contributed by atoms with van der Waals surface area (Å²) in [7, 11) is 0. The van der Waals surface area contributed by atoms with E-state index >= 15 is 0 Å². The molecule has 2 aromatic rings. The molecule has 0 aliphatic heterocycles. The molecule has 0 spiro atoms. The SMILES string of the molecule is Cc1csc(NC(=O)c2ccc(N)c(F)c2)n1. The Morgan fingerprint density at radius 2 is 2.29 bits per heavy atom. The minimum absolute atomic E-state index is 0.0200. The van der Waals surface area contributed by atoms with E-state index in [1.165, 1.54) is 23.5 Å². The number of thiazole rings is 1. The number of rotatable bonds is 2.